The number of phenolic OH excluding ortho intramolecular Hbond substituents is 1. The number of nitrogens with one attached hydrogen (secondary N) is 2. The maximum atomic E-state index is 10.0. The molecular weight excluding hydrogens is 340 g/mol. The molecule has 0 radical (unpaired) electrons. The third-order valence-corrected chi connectivity index (χ3v) is 4.46. The van der Waals surface area contributed by atoms with Crippen LogP contribution in [0.4, 0.5) is 17.3 Å². The SMILES string of the molecule is Oc1c(Cl)ccc2nnc(Nc3ccc(N4CCNCC4)cc3)nc12. The summed E-state index contributed by atoms with van der Waals surface area (Å²) in [6, 6.07) is 11.3. The molecule has 0 spiro atoms. The molecule has 2 aromatic carbocycles. The van der Waals surface area contributed by atoms with Crippen molar-refractivity contribution in [3.63, 3.8) is 0 Å². The van der Waals surface area contributed by atoms with Crippen LogP contribution in [0.3, 0.4) is 0 Å². The van der Waals surface area contributed by atoms with Crippen LogP contribution >= 0.6 is 11.6 Å². The Bertz CT molecular complexity index is 896. The van der Waals surface area contributed by atoms with Crippen molar-refractivity contribution in [2.24, 2.45) is 0 Å². The fourth-order valence-electron chi connectivity index (χ4n) is 2.83. The number of nitrogens with zero attached hydrogens (tertiary/aromatic N) is 4. The second-order valence-corrected chi connectivity index (χ2v) is 6.22. The highest BCUT2D eigenvalue weighted by molar-refractivity contribution is 6.33. The molecule has 0 amide bonds. The molecule has 1 fully saturated rings. The predicted octanol–water partition coefficient (Wildman–Crippen LogP) is 2.54. The van der Waals surface area contributed by atoms with Crippen LogP contribution in [0.15, 0.2) is 36.4 Å². The van der Waals surface area contributed by atoms with E-state index in [1.807, 2.05) is 12.1 Å². The Morgan fingerprint density at radius 2 is 1.80 bits per heavy atom. The zero-order valence-electron chi connectivity index (χ0n) is 13.4. The number of aromatic nitrogens is 3. The smallest absolute Gasteiger partial charge is 0.247 e. The number of benzene rings is 2. The first-order chi connectivity index (χ1) is 12.2. The van der Waals surface area contributed by atoms with Crippen LogP contribution in [0.2, 0.25) is 5.02 Å². The zero-order chi connectivity index (χ0) is 17.2. The highest BCUT2D eigenvalue weighted by Gasteiger charge is 2.11. The number of hydrogen-bond acceptors (Lipinski definition) is 7. The number of hydrogen-bond donors (Lipinski definition) is 3. The van der Waals surface area contributed by atoms with E-state index in [1.165, 1.54) is 5.69 Å². The second-order valence-electron chi connectivity index (χ2n) is 5.81. The maximum Gasteiger partial charge on any atom is 0.247 e. The number of anilines is 3. The lowest BCUT2D eigenvalue weighted by atomic mass is 10.2. The minimum Gasteiger partial charge on any atom is -0.504 e. The number of phenols is 1. The molecule has 25 heavy (non-hydrogen) atoms. The largest absolute Gasteiger partial charge is 0.504 e. The van der Waals surface area contributed by atoms with Crippen molar-refractivity contribution in [3.05, 3.63) is 41.4 Å². The molecule has 128 valence electrons. The number of halogens is 1. The molecule has 0 aliphatic carbocycles. The van der Waals surface area contributed by atoms with Crippen molar-refractivity contribution in [2.75, 3.05) is 36.4 Å². The fourth-order valence-corrected chi connectivity index (χ4v) is 2.98. The Hall–Kier alpha value is -2.64. The summed E-state index contributed by atoms with van der Waals surface area (Å²) in [6.45, 7) is 4.01. The molecule has 1 aliphatic heterocycles. The third-order valence-electron chi connectivity index (χ3n) is 4.16. The van der Waals surface area contributed by atoms with Gasteiger partial charge in [-0.2, -0.15) is 0 Å². The topological polar surface area (TPSA) is 86.2 Å². The molecule has 8 heteroatoms. The normalized spacial score (nSPS) is 14.7. The van der Waals surface area contributed by atoms with Crippen molar-refractivity contribution in [2.45, 2.75) is 0 Å². The summed E-state index contributed by atoms with van der Waals surface area (Å²) in [5.74, 6) is 0.214. The van der Waals surface area contributed by atoms with Crippen LogP contribution in [0.5, 0.6) is 5.75 Å². The molecule has 3 N–H and O–H groups in total. The zero-order valence-corrected chi connectivity index (χ0v) is 14.2. The summed E-state index contributed by atoms with van der Waals surface area (Å²) in [5.41, 5.74) is 2.85. The van der Waals surface area contributed by atoms with E-state index in [0.717, 1.165) is 31.9 Å². The predicted molar refractivity (Wildman–Crippen MR) is 98.8 cm³/mol. The van der Waals surface area contributed by atoms with Gasteiger partial charge in [0, 0.05) is 37.6 Å². The molecule has 3 aromatic rings. The van der Waals surface area contributed by atoms with Gasteiger partial charge in [-0.3, -0.25) is 0 Å². The third kappa shape index (κ3) is 3.29. The van der Waals surface area contributed by atoms with Crippen molar-refractivity contribution in [1.82, 2.24) is 20.5 Å². The summed E-state index contributed by atoms with van der Waals surface area (Å²) >= 11 is 5.92. The van der Waals surface area contributed by atoms with Gasteiger partial charge in [-0.15, -0.1) is 10.2 Å². The average Bonchev–Trinajstić information content (AvgIpc) is 2.66. The Morgan fingerprint density at radius 1 is 1.04 bits per heavy atom. The van der Waals surface area contributed by atoms with E-state index < -0.39 is 0 Å². The van der Waals surface area contributed by atoms with Crippen molar-refractivity contribution in [1.29, 1.82) is 0 Å². The average molecular weight is 357 g/mol. The Morgan fingerprint density at radius 3 is 2.56 bits per heavy atom. The van der Waals surface area contributed by atoms with E-state index in [0.29, 0.717) is 17.0 Å². The van der Waals surface area contributed by atoms with Crippen molar-refractivity contribution < 1.29 is 5.11 Å². The van der Waals surface area contributed by atoms with Crippen LogP contribution in [0.1, 0.15) is 0 Å². The Balaban J connectivity index is 1.55. The van der Waals surface area contributed by atoms with Gasteiger partial charge >= 0.3 is 0 Å². The molecule has 0 unspecified atom stereocenters. The van der Waals surface area contributed by atoms with E-state index in [9.17, 15) is 5.11 Å². The lowest BCUT2D eigenvalue weighted by molar-refractivity contribution is 0.480. The van der Waals surface area contributed by atoms with Gasteiger partial charge in [0.05, 0.1) is 5.02 Å². The minimum absolute atomic E-state index is 0.0915. The monoisotopic (exact) mass is 356 g/mol. The summed E-state index contributed by atoms with van der Waals surface area (Å²) < 4.78 is 0. The number of piperazine rings is 1. The van der Waals surface area contributed by atoms with Crippen LogP contribution < -0.4 is 15.5 Å². The summed E-state index contributed by atoms with van der Waals surface area (Å²) in [6.07, 6.45) is 0. The highest BCUT2D eigenvalue weighted by atomic mass is 35.5. The molecule has 1 aromatic heterocycles. The second kappa shape index (κ2) is 6.70. The van der Waals surface area contributed by atoms with Crippen LogP contribution in [-0.2, 0) is 0 Å². The summed E-state index contributed by atoms with van der Waals surface area (Å²) in [5, 5.41) is 24.8. The fraction of sp³-hybridized carbons (Fsp3) is 0.235. The molecule has 2 heterocycles. The van der Waals surface area contributed by atoms with Gasteiger partial charge < -0.3 is 20.6 Å². The first-order valence-electron chi connectivity index (χ1n) is 8.05. The van der Waals surface area contributed by atoms with E-state index in [4.69, 9.17) is 11.6 Å². The van der Waals surface area contributed by atoms with E-state index >= 15 is 0 Å². The molecule has 0 atom stereocenters. The van der Waals surface area contributed by atoms with Gasteiger partial charge in [0.2, 0.25) is 5.95 Å². The van der Waals surface area contributed by atoms with Crippen LogP contribution in [-0.4, -0.2) is 46.5 Å². The Kier molecular flexibility index (Phi) is 4.25. The van der Waals surface area contributed by atoms with Crippen LogP contribution in [0, 0.1) is 0 Å². The highest BCUT2D eigenvalue weighted by Crippen LogP contribution is 2.30. The van der Waals surface area contributed by atoms with Gasteiger partial charge in [0.25, 0.3) is 0 Å². The molecule has 0 saturated carbocycles. The molecule has 7 nitrogen and oxygen atoms in total. The number of aromatic hydroxyl groups is 1. The number of fused-ring (bicyclic) bond motifs is 1. The molecule has 4 rings (SSSR count). The first kappa shape index (κ1) is 15.9. The Labute approximate surface area is 149 Å². The van der Waals surface area contributed by atoms with Crippen LogP contribution in [0.25, 0.3) is 11.0 Å². The lowest BCUT2D eigenvalue weighted by Crippen LogP contribution is -2.43. The van der Waals surface area contributed by atoms with E-state index in [-0.39, 0.29) is 10.8 Å². The lowest BCUT2D eigenvalue weighted by Gasteiger charge is -2.29. The van der Waals surface area contributed by atoms with Crippen molar-refractivity contribution >= 4 is 40.0 Å². The van der Waals surface area contributed by atoms with Gasteiger partial charge in [0.15, 0.2) is 5.75 Å². The summed E-state index contributed by atoms with van der Waals surface area (Å²) in [4.78, 5) is 6.65. The maximum absolute atomic E-state index is 10.0. The van der Waals surface area contributed by atoms with Crippen molar-refractivity contribution in [3.8, 4) is 5.75 Å². The minimum atomic E-state index is -0.0915. The quantitative estimate of drug-likeness (QED) is 0.664. The first-order valence-corrected chi connectivity index (χ1v) is 8.43. The summed E-state index contributed by atoms with van der Waals surface area (Å²) in [7, 11) is 0. The van der Waals surface area contributed by atoms with Gasteiger partial charge in [-0.05, 0) is 36.4 Å². The molecule has 0 bridgehead atoms. The van der Waals surface area contributed by atoms with Gasteiger partial charge in [0.1, 0.15) is 11.0 Å². The standard InChI is InChI=1S/C17H17ClN6O/c18-13-5-6-14-15(16(13)25)21-17(23-22-14)20-11-1-3-12(4-2-11)24-9-7-19-8-10-24/h1-6,19,25H,7-10H2,(H,20,21,23). The van der Waals surface area contributed by atoms with E-state index in [1.54, 1.807) is 12.1 Å². The molecular formula is C17H17ClN6O. The van der Waals surface area contributed by atoms with E-state index in [2.05, 4.69) is 42.8 Å². The van der Waals surface area contributed by atoms with Gasteiger partial charge in [-0.25, -0.2) is 4.98 Å². The molecule has 1 aliphatic rings. The number of rotatable bonds is 3. The molecule has 1 saturated heterocycles. The van der Waals surface area contributed by atoms with Gasteiger partial charge in [-0.1, -0.05) is 11.6 Å².